The number of methoxy groups -OCH3 is 1. The molecule has 2 N–H and O–H groups in total. The van der Waals surface area contributed by atoms with E-state index in [9.17, 15) is 4.79 Å². The number of nitrogens with two attached hydrogens (primary N) is 1. The highest BCUT2D eigenvalue weighted by molar-refractivity contribution is 5.82. The molecule has 1 aliphatic carbocycles. The van der Waals surface area contributed by atoms with Gasteiger partial charge in [-0.05, 0) is 56.6 Å². The summed E-state index contributed by atoms with van der Waals surface area (Å²) in [4.78, 5) is 12.0. The van der Waals surface area contributed by atoms with Crippen molar-refractivity contribution in [3.63, 3.8) is 0 Å². The molecule has 0 heterocycles. The first-order chi connectivity index (χ1) is 9.52. The van der Waals surface area contributed by atoms with Crippen molar-refractivity contribution in [2.75, 3.05) is 7.11 Å². The molecule has 1 unspecified atom stereocenters. The van der Waals surface area contributed by atoms with Gasteiger partial charge in [-0.2, -0.15) is 0 Å². The molecule has 0 aliphatic heterocycles. The molecule has 110 valence electrons. The summed E-state index contributed by atoms with van der Waals surface area (Å²) in [6.07, 6.45) is 4.42. The minimum Gasteiger partial charge on any atom is -0.381 e. The van der Waals surface area contributed by atoms with Crippen LogP contribution in [0.3, 0.4) is 0 Å². The monoisotopic (exact) mass is 275 g/mol. The third-order valence-electron chi connectivity index (χ3n) is 4.60. The molecule has 0 saturated heterocycles. The maximum Gasteiger partial charge on any atom is 0.225 e. The van der Waals surface area contributed by atoms with Gasteiger partial charge in [-0.3, -0.25) is 4.79 Å². The Morgan fingerprint density at radius 3 is 2.45 bits per heavy atom. The summed E-state index contributed by atoms with van der Waals surface area (Å²) in [5.41, 5.74) is 9.17. The SMILES string of the molecule is COC1CCC(C(C(N)=O)c2cc(C)ccc2C)CC1. The molecule has 0 aromatic heterocycles. The molecule has 1 aliphatic rings. The van der Waals surface area contributed by atoms with Crippen molar-refractivity contribution in [3.05, 3.63) is 34.9 Å². The van der Waals surface area contributed by atoms with E-state index in [0.29, 0.717) is 12.0 Å². The van der Waals surface area contributed by atoms with Gasteiger partial charge in [0.25, 0.3) is 0 Å². The summed E-state index contributed by atoms with van der Waals surface area (Å²) < 4.78 is 5.41. The van der Waals surface area contributed by atoms with Crippen molar-refractivity contribution in [3.8, 4) is 0 Å². The molecular formula is C17H25NO2. The predicted molar refractivity (Wildman–Crippen MR) is 80.6 cm³/mol. The van der Waals surface area contributed by atoms with E-state index in [-0.39, 0.29) is 11.8 Å². The van der Waals surface area contributed by atoms with E-state index >= 15 is 0 Å². The zero-order valence-electron chi connectivity index (χ0n) is 12.7. The molecule has 0 bridgehead atoms. The molecule has 1 amide bonds. The molecule has 1 aromatic carbocycles. The second kappa shape index (κ2) is 6.40. The lowest BCUT2D eigenvalue weighted by Crippen LogP contribution is -2.32. The van der Waals surface area contributed by atoms with E-state index in [1.54, 1.807) is 7.11 Å². The minimum absolute atomic E-state index is 0.160. The van der Waals surface area contributed by atoms with Crippen molar-refractivity contribution in [2.45, 2.75) is 51.6 Å². The molecule has 1 saturated carbocycles. The first kappa shape index (κ1) is 15.0. The predicted octanol–water partition coefficient (Wildman–Crippen LogP) is 3.08. The van der Waals surface area contributed by atoms with E-state index in [2.05, 4.69) is 32.0 Å². The van der Waals surface area contributed by atoms with Gasteiger partial charge in [-0.1, -0.05) is 23.8 Å². The highest BCUT2D eigenvalue weighted by atomic mass is 16.5. The second-order valence-electron chi connectivity index (χ2n) is 6.01. The molecular weight excluding hydrogens is 250 g/mol. The minimum atomic E-state index is -0.195. The first-order valence-corrected chi connectivity index (χ1v) is 7.42. The van der Waals surface area contributed by atoms with Gasteiger partial charge < -0.3 is 10.5 Å². The Morgan fingerprint density at radius 1 is 1.25 bits per heavy atom. The maximum absolute atomic E-state index is 12.0. The Labute approximate surface area is 121 Å². The fraction of sp³-hybridized carbons (Fsp3) is 0.588. The number of hydrogen-bond acceptors (Lipinski definition) is 2. The number of hydrogen-bond donors (Lipinski definition) is 1. The van der Waals surface area contributed by atoms with Crippen molar-refractivity contribution in [1.82, 2.24) is 0 Å². The number of amides is 1. The highest BCUT2D eigenvalue weighted by Crippen LogP contribution is 2.38. The number of carbonyl (C=O) groups excluding carboxylic acids is 1. The van der Waals surface area contributed by atoms with Crippen LogP contribution in [0.1, 0.15) is 48.3 Å². The summed E-state index contributed by atoms with van der Waals surface area (Å²) in [6, 6.07) is 6.28. The summed E-state index contributed by atoms with van der Waals surface area (Å²) in [7, 11) is 1.77. The Morgan fingerprint density at radius 2 is 1.90 bits per heavy atom. The Kier molecular flexibility index (Phi) is 4.81. The van der Waals surface area contributed by atoms with Crippen LogP contribution in [0, 0.1) is 19.8 Å². The third kappa shape index (κ3) is 3.21. The van der Waals surface area contributed by atoms with Crippen LogP contribution >= 0.6 is 0 Å². The lowest BCUT2D eigenvalue weighted by molar-refractivity contribution is -0.121. The van der Waals surface area contributed by atoms with Gasteiger partial charge in [-0.15, -0.1) is 0 Å². The summed E-state index contributed by atoms with van der Waals surface area (Å²) in [5, 5.41) is 0. The molecule has 0 radical (unpaired) electrons. The lowest BCUT2D eigenvalue weighted by Gasteiger charge is -2.32. The van der Waals surface area contributed by atoms with Gasteiger partial charge in [0.15, 0.2) is 0 Å². The lowest BCUT2D eigenvalue weighted by atomic mass is 9.74. The fourth-order valence-electron chi connectivity index (χ4n) is 3.39. The molecule has 0 spiro atoms. The maximum atomic E-state index is 12.0. The standard InChI is InChI=1S/C17H25NO2/c1-11-4-5-12(2)15(10-11)16(17(18)19)13-6-8-14(20-3)9-7-13/h4-5,10,13-14,16H,6-9H2,1-3H3,(H2,18,19). The molecule has 1 aromatic rings. The number of benzene rings is 1. The van der Waals surface area contributed by atoms with Gasteiger partial charge in [0.2, 0.25) is 5.91 Å². The zero-order chi connectivity index (χ0) is 14.7. The van der Waals surface area contributed by atoms with E-state index in [0.717, 1.165) is 36.8 Å². The highest BCUT2D eigenvalue weighted by Gasteiger charge is 2.32. The number of primary amides is 1. The van der Waals surface area contributed by atoms with Crippen LogP contribution in [0.4, 0.5) is 0 Å². The van der Waals surface area contributed by atoms with Crippen LogP contribution in [0.15, 0.2) is 18.2 Å². The summed E-state index contributed by atoms with van der Waals surface area (Å²) >= 11 is 0. The van der Waals surface area contributed by atoms with E-state index in [4.69, 9.17) is 10.5 Å². The Balaban J connectivity index is 2.24. The van der Waals surface area contributed by atoms with Crippen LogP contribution in [-0.4, -0.2) is 19.1 Å². The average molecular weight is 275 g/mol. The Hall–Kier alpha value is -1.35. The van der Waals surface area contributed by atoms with Crippen molar-refractivity contribution >= 4 is 5.91 Å². The normalized spacial score (nSPS) is 24.4. The number of aryl methyl sites for hydroxylation is 2. The smallest absolute Gasteiger partial charge is 0.225 e. The summed E-state index contributed by atoms with van der Waals surface area (Å²) in [5.74, 6) is -0.00771. The quantitative estimate of drug-likeness (QED) is 0.918. The van der Waals surface area contributed by atoms with Crippen molar-refractivity contribution < 1.29 is 9.53 Å². The molecule has 3 heteroatoms. The second-order valence-corrected chi connectivity index (χ2v) is 6.01. The zero-order valence-corrected chi connectivity index (χ0v) is 12.7. The van der Waals surface area contributed by atoms with Crippen LogP contribution in [-0.2, 0) is 9.53 Å². The first-order valence-electron chi connectivity index (χ1n) is 7.42. The van der Waals surface area contributed by atoms with Crippen LogP contribution < -0.4 is 5.73 Å². The number of ether oxygens (including phenoxy) is 1. The van der Waals surface area contributed by atoms with Gasteiger partial charge in [0, 0.05) is 7.11 Å². The largest absolute Gasteiger partial charge is 0.381 e. The summed E-state index contributed by atoms with van der Waals surface area (Å²) in [6.45, 7) is 4.12. The number of rotatable bonds is 4. The van der Waals surface area contributed by atoms with Crippen LogP contribution in [0.5, 0.6) is 0 Å². The van der Waals surface area contributed by atoms with Gasteiger partial charge in [0.1, 0.15) is 0 Å². The topological polar surface area (TPSA) is 52.3 Å². The molecule has 2 rings (SSSR count). The fourth-order valence-corrected chi connectivity index (χ4v) is 3.39. The molecule has 20 heavy (non-hydrogen) atoms. The van der Waals surface area contributed by atoms with Crippen LogP contribution in [0.25, 0.3) is 0 Å². The van der Waals surface area contributed by atoms with Gasteiger partial charge in [-0.25, -0.2) is 0 Å². The average Bonchev–Trinajstić information content (AvgIpc) is 2.43. The van der Waals surface area contributed by atoms with Crippen molar-refractivity contribution in [2.24, 2.45) is 11.7 Å². The number of carbonyl (C=O) groups is 1. The molecule has 3 nitrogen and oxygen atoms in total. The van der Waals surface area contributed by atoms with E-state index < -0.39 is 0 Å². The van der Waals surface area contributed by atoms with Gasteiger partial charge in [0.05, 0.1) is 12.0 Å². The molecule has 1 atom stereocenters. The van der Waals surface area contributed by atoms with Crippen molar-refractivity contribution in [1.29, 1.82) is 0 Å². The molecule has 1 fully saturated rings. The van der Waals surface area contributed by atoms with Crippen LogP contribution in [0.2, 0.25) is 0 Å². The van der Waals surface area contributed by atoms with E-state index in [1.807, 2.05) is 0 Å². The van der Waals surface area contributed by atoms with Gasteiger partial charge >= 0.3 is 0 Å². The van der Waals surface area contributed by atoms with E-state index in [1.165, 1.54) is 5.56 Å². The third-order valence-corrected chi connectivity index (χ3v) is 4.60. The Bertz CT molecular complexity index is 476.